The lowest BCUT2D eigenvalue weighted by Crippen LogP contribution is -2.30. The Bertz CT molecular complexity index is 406. The second-order valence-corrected chi connectivity index (χ2v) is 5.59. The Morgan fingerprint density at radius 1 is 1.16 bits per heavy atom. The molecule has 2 atom stereocenters. The second-order valence-electron chi connectivity index (χ2n) is 5.59. The fourth-order valence-corrected chi connectivity index (χ4v) is 3.12. The van der Waals surface area contributed by atoms with E-state index in [1.54, 1.807) is 6.07 Å². The second kappa shape index (κ2) is 6.99. The Morgan fingerprint density at radius 2 is 1.95 bits per heavy atom. The third-order valence-electron chi connectivity index (χ3n) is 4.03. The molecule has 1 N–H and O–H groups in total. The van der Waals surface area contributed by atoms with E-state index in [-0.39, 0.29) is 0 Å². The molecule has 0 bridgehead atoms. The van der Waals surface area contributed by atoms with Gasteiger partial charge in [-0.1, -0.05) is 32.3 Å². The highest BCUT2D eigenvalue weighted by atomic mass is 19.2. The zero-order valence-electron chi connectivity index (χ0n) is 11.6. The summed E-state index contributed by atoms with van der Waals surface area (Å²) < 4.78 is 26.1. The molecule has 1 fully saturated rings. The SMILES string of the molecule is CCNC1CCCCC(Cc2ccc(F)c(F)c2)C1. The van der Waals surface area contributed by atoms with Crippen molar-refractivity contribution in [2.45, 2.75) is 51.5 Å². The van der Waals surface area contributed by atoms with E-state index >= 15 is 0 Å². The summed E-state index contributed by atoms with van der Waals surface area (Å²) in [6, 6.07) is 4.89. The van der Waals surface area contributed by atoms with Gasteiger partial charge in [0.25, 0.3) is 0 Å². The van der Waals surface area contributed by atoms with E-state index in [1.165, 1.54) is 37.8 Å². The van der Waals surface area contributed by atoms with E-state index in [9.17, 15) is 8.78 Å². The van der Waals surface area contributed by atoms with Crippen molar-refractivity contribution in [3.63, 3.8) is 0 Å². The minimum atomic E-state index is -0.754. The zero-order valence-corrected chi connectivity index (χ0v) is 11.6. The molecule has 0 heterocycles. The highest BCUT2D eigenvalue weighted by molar-refractivity contribution is 5.18. The molecule has 1 nitrogen and oxygen atoms in total. The summed E-state index contributed by atoms with van der Waals surface area (Å²) in [4.78, 5) is 0. The fourth-order valence-electron chi connectivity index (χ4n) is 3.12. The number of hydrogen-bond acceptors (Lipinski definition) is 1. The van der Waals surface area contributed by atoms with Crippen molar-refractivity contribution in [3.8, 4) is 0 Å². The lowest BCUT2D eigenvalue weighted by Gasteiger charge is -2.20. The molecule has 2 unspecified atom stereocenters. The summed E-state index contributed by atoms with van der Waals surface area (Å²) in [5.41, 5.74) is 0.918. The molecule has 1 aliphatic rings. The Hall–Kier alpha value is -0.960. The molecule has 0 saturated heterocycles. The number of hydrogen-bond donors (Lipinski definition) is 1. The minimum absolute atomic E-state index is 0.580. The minimum Gasteiger partial charge on any atom is -0.314 e. The molecule has 0 aromatic heterocycles. The van der Waals surface area contributed by atoms with Crippen LogP contribution in [0.5, 0.6) is 0 Å². The van der Waals surface area contributed by atoms with Crippen LogP contribution in [0.3, 0.4) is 0 Å². The molecule has 1 saturated carbocycles. The van der Waals surface area contributed by atoms with Crippen LogP contribution >= 0.6 is 0 Å². The van der Waals surface area contributed by atoms with Crippen LogP contribution < -0.4 is 5.32 Å². The van der Waals surface area contributed by atoms with Gasteiger partial charge in [-0.05, 0) is 49.4 Å². The van der Waals surface area contributed by atoms with Gasteiger partial charge < -0.3 is 5.32 Å². The molecular weight excluding hydrogens is 244 g/mol. The van der Waals surface area contributed by atoms with Crippen LogP contribution in [0.15, 0.2) is 18.2 Å². The number of halogens is 2. The average Bonchev–Trinajstić information content (AvgIpc) is 2.60. The van der Waals surface area contributed by atoms with Gasteiger partial charge in [-0.15, -0.1) is 0 Å². The van der Waals surface area contributed by atoms with Crippen LogP contribution in [0.4, 0.5) is 8.78 Å². The normalized spacial score (nSPS) is 24.2. The highest BCUT2D eigenvalue weighted by Crippen LogP contribution is 2.27. The van der Waals surface area contributed by atoms with Gasteiger partial charge in [0, 0.05) is 6.04 Å². The fraction of sp³-hybridized carbons (Fsp3) is 0.625. The highest BCUT2D eigenvalue weighted by Gasteiger charge is 2.20. The van der Waals surface area contributed by atoms with Crippen molar-refractivity contribution in [2.24, 2.45) is 5.92 Å². The molecule has 2 rings (SSSR count). The number of benzene rings is 1. The van der Waals surface area contributed by atoms with Gasteiger partial charge in [-0.3, -0.25) is 0 Å². The molecule has 1 aliphatic carbocycles. The topological polar surface area (TPSA) is 12.0 Å². The maximum absolute atomic E-state index is 13.2. The van der Waals surface area contributed by atoms with E-state index in [4.69, 9.17) is 0 Å². The van der Waals surface area contributed by atoms with Crippen molar-refractivity contribution in [3.05, 3.63) is 35.4 Å². The van der Waals surface area contributed by atoms with Crippen LogP contribution in [0, 0.1) is 17.6 Å². The molecule has 0 spiro atoms. The predicted octanol–water partition coefficient (Wildman–Crippen LogP) is 4.07. The Morgan fingerprint density at radius 3 is 2.68 bits per heavy atom. The van der Waals surface area contributed by atoms with Crippen molar-refractivity contribution >= 4 is 0 Å². The average molecular weight is 267 g/mol. The zero-order chi connectivity index (χ0) is 13.7. The first-order valence-corrected chi connectivity index (χ1v) is 7.36. The van der Waals surface area contributed by atoms with E-state index in [1.807, 2.05) is 0 Å². The standard InChI is InChI=1S/C16H23F2N/c1-2-19-14-6-4-3-5-12(10-14)9-13-7-8-15(17)16(18)11-13/h7-8,11-12,14,19H,2-6,9-10H2,1H3. The Labute approximate surface area is 114 Å². The number of nitrogens with one attached hydrogen (secondary N) is 1. The first kappa shape index (κ1) is 14.4. The van der Waals surface area contributed by atoms with Crippen molar-refractivity contribution in [1.29, 1.82) is 0 Å². The van der Waals surface area contributed by atoms with Crippen molar-refractivity contribution < 1.29 is 8.78 Å². The summed E-state index contributed by atoms with van der Waals surface area (Å²) in [5, 5.41) is 3.53. The van der Waals surface area contributed by atoms with Gasteiger partial charge in [-0.2, -0.15) is 0 Å². The first-order valence-electron chi connectivity index (χ1n) is 7.36. The lowest BCUT2D eigenvalue weighted by atomic mass is 9.91. The quantitative estimate of drug-likeness (QED) is 0.811. The van der Waals surface area contributed by atoms with Gasteiger partial charge in [0.2, 0.25) is 0 Å². The van der Waals surface area contributed by atoms with Gasteiger partial charge in [0.15, 0.2) is 11.6 Å². The van der Waals surface area contributed by atoms with Crippen molar-refractivity contribution in [1.82, 2.24) is 5.32 Å². The Kier molecular flexibility index (Phi) is 5.32. The smallest absolute Gasteiger partial charge is 0.159 e. The van der Waals surface area contributed by atoms with E-state index in [0.29, 0.717) is 12.0 Å². The van der Waals surface area contributed by atoms with Crippen LogP contribution in [0.2, 0.25) is 0 Å². The van der Waals surface area contributed by atoms with Crippen LogP contribution in [-0.4, -0.2) is 12.6 Å². The van der Waals surface area contributed by atoms with E-state index < -0.39 is 11.6 Å². The van der Waals surface area contributed by atoms with E-state index in [0.717, 1.165) is 24.9 Å². The maximum atomic E-state index is 13.2. The van der Waals surface area contributed by atoms with Crippen LogP contribution in [0.25, 0.3) is 0 Å². The van der Waals surface area contributed by atoms with Crippen LogP contribution in [0.1, 0.15) is 44.6 Å². The van der Waals surface area contributed by atoms with E-state index in [2.05, 4.69) is 12.2 Å². The van der Waals surface area contributed by atoms with Gasteiger partial charge in [-0.25, -0.2) is 8.78 Å². The first-order chi connectivity index (χ1) is 9.19. The molecule has 1 aromatic carbocycles. The summed E-state index contributed by atoms with van der Waals surface area (Å²) >= 11 is 0. The molecule has 19 heavy (non-hydrogen) atoms. The molecule has 3 heteroatoms. The molecule has 0 amide bonds. The lowest BCUT2D eigenvalue weighted by molar-refractivity contribution is 0.388. The van der Waals surface area contributed by atoms with Gasteiger partial charge in [0.05, 0.1) is 0 Å². The Balaban J connectivity index is 1.97. The summed E-state index contributed by atoms with van der Waals surface area (Å²) in [6.07, 6.45) is 6.96. The summed E-state index contributed by atoms with van der Waals surface area (Å²) in [6.45, 7) is 3.14. The molecule has 0 radical (unpaired) electrons. The third-order valence-corrected chi connectivity index (χ3v) is 4.03. The van der Waals surface area contributed by atoms with Gasteiger partial charge in [0.1, 0.15) is 0 Å². The molecule has 1 aromatic rings. The summed E-state index contributed by atoms with van der Waals surface area (Å²) in [7, 11) is 0. The summed E-state index contributed by atoms with van der Waals surface area (Å²) in [5.74, 6) is -0.902. The molecule has 0 aliphatic heterocycles. The maximum Gasteiger partial charge on any atom is 0.159 e. The monoisotopic (exact) mass is 267 g/mol. The molecular formula is C16H23F2N. The van der Waals surface area contributed by atoms with Crippen molar-refractivity contribution in [2.75, 3.05) is 6.54 Å². The third kappa shape index (κ3) is 4.27. The predicted molar refractivity (Wildman–Crippen MR) is 74.1 cm³/mol. The largest absolute Gasteiger partial charge is 0.314 e. The molecule has 106 valence electrons. The van der Waals surface area contributed by atoms with Crippen LogP contribution in [-0.2, 0) is 6.42 Å². The van der Waals surface area contributed by atoms with Gasteiger partial charge >= 0.3 is 0 Å². The number of rotatable bonds is 4.